The first-order chi connectivity index (χ1) is 8.13. The number of aryl methyl sites for hydroxylation is 1. The smallest absolute Gasteiger partial charge is 0.0816 e. The molecule has 0 bridgehead atoms. The minimum atomic E-state index is 0.0254. The topological polar surface area (TPSA) is 38.0 Å². The van der Waals surface area contributed by atoms with Crippen molar-refractivity contribution in [2.24, 2.45) is 5.84 Å². The van der Waals surface area contributed by atoms with Crippen molar-refractivity contribution in [1.29, 1.82) is 0 Å². The number of rotatable bonds is 3. The van der Waals surface area contributed by atoms with E-state index in [0.717, 1.165) is 8.95 Å². The van der Waals surface area contributed by atoms with Crippen molar-refractivity contribution in [3.8, 4) is 0 Å². The summed E-state index contributed by atoms with van der Waals surface area (Å²) in [4.78, 5) is 1.19. The molecule has 17 heavy (non-hydrogen) atoms. The van der Waals surface area contributed by atoms with E-state index in [1.54, 1.807) is 11.3 Å². The van der Waals surface area contributed by atoms with Crippen LogP contribution in [0.15, 0.2) is 38.6 Å². The van der Waals surface area contributed by atoms with Crippen LogP contribution in [0.25, 0.3) is 0 Å². The summed E-state index contributed by atoms with van der Waals surface area (Å²) in [5.74, 6) is 5.70. The second-order valence-corrected chi connectivity index (χ2v) is 6.45. The molecule has 0 spiro atoms. The Morgan fingerprint density at radius 3 is 2.59 bits per heavy atom. The second-order valence-electron chi connectivity index (χ2n) is 3.73. The van der Waals surface area contributed by atoms with Crippen LogP contribution in [0.2, 0.25) is 0 Å². The molecule has 5 heteroatoms. The molecule has 2 nitrogen and oxygen atoms in total. The lowest BCUT2D eigenvalue weighted by Crippen LogP contribution is -2.29. The van der Waals surface area contributed by atoms with Gasteiger partial charge in [0.1, 0.15) is 0 Å². The van der Waals surface area contributed by atoms with E-state index in [4.69, 9.17) is 5.84 Å². The highest BCUT2D eigenvalue weighted by atomic mass is 79.9. The van der Waals surface area contributed by atoms with Crippen LogP contribution in [0.5, 0.6) is 0 Å². The van der Waals surface area contributed by atoms with Gasteiger partial charge in [-0.15, -0.1) is 11.3 Å². The normalized spacial score (nSPS) is 12.7. The molecule has 0 aliphatic heterocycles. The van der Waals surface area contributed by atoms with Gasteiger partial charge in [-0.3, -0.25) is 5.84 Å². The second kappa shape index (κ2) is 5.63. The molecule has 1 heterocycles. The molecular weight excluding hydrogens is 364 g/mol. The molecule has 0 saturated carbocycles. The Kier molecular flexibility index (Phi) is 4.38. The van der Waals surface area contributed by atoms with Gasteiger partial charge in [0, 0.05) is 13.8 Å². The van der Waals surface area contributed by atoms with Crippen molar-refractivity contribution in [2.45, 2.75) is 13.0 Å². The Labute approximate surface area is 121 Å². The van der Waals surface area contributed by atoms with Crippen LogP contribution in [0.4, 0.5) is 0 Å². The van der Waals surface area contributed by atoms with Crippen molar-refractivity contribution < 1.29 is 0 Å². The van der Waals surface area contributed by atoms with E-state index in [2.05, 4.69) is 61.7 Å². The minimum Gasteiger partial charge on any atom is -0.271 e. The number of hydrazine groups is 1. The first-order valence-electron chi connectivity index (χ1n) is 5.08. The molecule has 2 rings (SSSR count). The van der Waals surface area contributed by atoms with Crippen LogP contribution in [0.3, 0.4) is 0 Å². The van der Waals surface area contributed by atoms with Crippen molar-refractivity contribution in [1.82, 2.24) is 5.43 Å². The van der Waals surface area contributed by atoms with Gasteiger partial charge < -0.3 is 0 Å². The maximum Gasteiger partial charge on any atom is 0.0816 e. The summed E-state index contributed by atoms with van der Waals surface area (Å²) in [6.45, 7) is 2.09. The van der Waals surface area contributed by atoms with Gasteiger partial charge in [-0.25, -0.2) is 5.43 Å². The summed E-state index contributed by atoms with van der Waals surface area (Å²) in [7, 11) is 0. The van der Waals surface area contributed by atoms with E-state index in [9.17, 15) is 0 Å². The Hall–Kier alpha value is -0.200. The molecule has 1 aromatic carbocycles. The lowest BCUT2D eigenvalue weighted by atomic mass is 10.0. The van der Waals surface area contributed by atoms with Gasteiger partial charge >= 0.3 is 0 Å². The van der Waals surface area contributed by atoms with Crippen LogP contribution in [-0.4, -0.2) is 0 Å². The van der Waals surface area contributed by atoms with Gasteiger partial charge in [-0.2, -0.15) is 0 Å². The molecule has 2 aromatic rings. The zero-order valence-electron chi connectivity index (χ0n) is 9.21. The van der Waals surface area contributed by atoms with E-state index in [1.165, 1.54) is 16.0 Å². The number of hydrogen-bond donors (Lipinski definition) is 2. The monoisotopic (exact) mass is 374 g/mol. The van der Waals surface area contributed by atoms with Crippen molar-refractivity contribution in [2.75, 3.05) is 0 Å². The Bertz CT molecular complexity index is 525. The third-order valence-corrected chi connectivity index (χ3v) is 5.05. The highest BCUT2D eigenvalue weighted by Crippen LogP contribution is 2.34. The van der Waals surface area contributed by atoms with Crippen molar-refractivity contribution >= 4 is 43.2 Å². The summed E-state index contributed by atoms with van der Waals surface area (Å²) in [6, 6.07) is 8.29. The lowest BCUT2D eigenvalue weighted by molar-refractivity contribution is 0.641. The van der Waals surface area contributed by atoms with Gasteiger partial charge in [0.05, 0.1) is 6.04 Å². The van der Waals surface area contributed by atoms with E-state index < -0.39 is 0 Å². The maximum absolute atomic E-state index is 5.70. The van der Waals surface area contributed by atoms with E-state index in [-0.39, 0.29) is 6.04 Å². The van der Waals surface area contributed by atoms with Crippen LogP contribution in [0.1, 0.15) is 22.0 Å². The average Bonchev–Trinajstić information content (AvgIpc) is 2.69. The van der Waals surface area contributed by atoms with Crippen LogP contribution in [-0.2, 0) is 0 Å². The Morgan fingerprint density at radius 2 is 2.06 bits per heavy atom. The maximum atomic E-state index is 5.70. The molecule has 3 N–H and O–H groups in total. The number of nitrogens with two attached hydrogens (primary N) is 1. The van der Waals surface area contributed by atoms with Gasteiger partial charge in [-0.1, -0.05) is 22.0 Å². The van der Waals surface area contributed by atoms with Crippen LogP contribution < -0.4 is 11.3 Å². The first-order valence-corrected chi connectivity index (χ1v) is 7.55. The van der Waals surface area contributed by atoms with Gasteiger partial charge in [0.15, 0.2) is 0 Å². The number of thiophene rings is 1. The molecule has 0 amide bonds. The average molecular weight is 376 g/mol. The molecule has 0 aliphatic carbocycles. The summed E-state index contributed by atoms with van der Waals surface area (Å²) < 4.78 is 2.17. The molecule has 0 radical (unpaired) electrons. The number of benzene rings is 1. The predicted molar refractivity (Wildman–Crippen MR) is 80.1 cm³/mol. The van der Waals surface area contributed by atoms with E-state index >= 15 is 0 Å². The summed E-state index contributed by atoms with van der Waals surface area (Å²) >= 11 is 8.71. The third kappa shape index (κ3) is 2.80. The largest absolute Gasteiger partial charge is 0.271 e. The molecular formula is C12H12Br2N2S. The summed E-state index contributed by atoms with van der Waals surface area (Å²) in [5, 5.41) is 2.05. The molecule has 0 saturated heterocycles. The van der Waals surface area contributed by atoms with E-state index in [1.807, 2.05) is 12.1 Å². The molecule has 1 aromatic heterocycles. The highest BCUT2D eigenvalue weighted by molar-refractivity contribution is 9.10. The van der Waals surface area contributed by atoms with Crippen molar-refractivity contribution in [3.05, 3.63) is 54.6 Å². The number of hydrogen-bond acceptors (Lipinski definition) is 3. The Balaban J connectivity index is 2.46. The molecule has 1 atom stereocenters. The highest BCUT2D eigenvalue weighted by Gasteiger charge is 2.18. The summed E-state index contributed by atoms with van der Waals surface area (Å²) in [6.07, 6.45) is 0. The van der Waals surface area contributed by atoms with Crippen molar-refractivity contribution in [3.63, 3.8) is 0 Å². The minimum absolute atomic E-state index is 0.0254. The fourth-order valence-electron chi connectivity index (χ4n) is 1.78. The fourth-order valence-corrected chi connectivity index (χ4v) is 3.94. The molecule has 1 unspecified atom stereocenters. The molecule has 90 valence electrons. The molecule has 0 fully saturated rings. The Morgan fingerprint density at radius 1 is 1.29 bits per heavy atom. The third-order valence-electron chi connectivity index (χ3n) is 2.62. The number of nitrogens with one attached hydrogen (secondary N) is 1. The quantitative estimate of drug-likeness (QED) is 0.625. The first kappa shape index (κ1) is 13.2. The zero-order chi connectivity index (χ0) is 12.4. The standard InChI is InChI=1S/C12H12Br2N2S/c1-7-6-8(13)2-3-9(7)11(16-15)12-10(14)4-5-17-12/h2-6,11,16H,15H2,1H3. The zero-order valence-corrected chi connectivity index (χ0v) is 13.2. The predicted octanol–water partition coefficient (Wildman–Crippen LogP) is 4.13. The van der Waals surface area contributed by atoms with Gasteiger partial charge in [0.25, 0.3) is 0 Å². The lowest BCUT2D eigenvalue weighted by Gasteiger charge is -2.18. The number of halogens is 2. The van der Waals surface area contributed by atoms with Gasteiger partial charge in [0.2, 0.25) is 0 Å². The fraction of sp³-hybridized carbons (Fsp3) is 0.167. The SMILES string of the molecule is Cc1cc(Br)ccc1C(NN)c1sccc1Br. The summed E-state index contributed by atoms with van der Waals surface area (Å²) in [5.41, 5.74) is 5.29. The van der Waals surface area contributed by atoms with Crippen LogP contribution in [0, 0.1) is 6.92 Å². The molecule has 0 aliphatic rings. The van der Waals surface area contributed by atoms with Gasteiger partial charge in [-0.05, 0) is 57.6 Å². The van der Waals surface area contributed by atoms with Crippen LogP contribution >= 0.6 is 43.2 Å². The van der Waals surface area contributed by atoms with E-state index in [0.29, 0.717) is 0 Å².